The first-order chi connectivity index (χ1) is 18.5. The zero-order valence-electron chi connectivity index (χ0n) is 19.5. The molecular formula is C28H17Cl2N5O2S. The van der Waals surface area contributed by atoms with Gasteiger partial charge in [-0.2, -0.15) is 0 Å². The molecule has 0 bridgehead atoms. The quantitative estimate of drug-likeness (QED) is 0.222. The number of amides is 1. The van der Waals surface area contributed by atoms with Crippen molar-refractivity contribution in [2.75, 3.05) is 5.32 Å². The summed E-state index contributed by atoms with van der Waals surface area (Å²) in [4.78, 5) is 14.3. The number of benzene rings is 4. The molecule has 0 aliphatic heterocycles. The number of furan rings is 1. The molecule has 38 heavy (non-hydrogen) atoms. The summed E-state index contributed by atoms with van der Waals surface area (Å²) < 4.78 is 5.69. The predicted molar refractivity (Wildman–Crippen MR) is 154 cm³/mol. The highest BCUT2D eigenvalue weighted by molar-refractivity contribution is 7.80. The van der Waals surface area contributed by atoms with Crippen molar-refractivity contribution in [1.82, 2.24) is 20.3 Å². The van der Waals surface area contributed by atoms with Crippen molar-refractivity contribution < 1.29 is 9.21 Å². The summed E-state index contributed by atoms with van der Waals surface area (Å²) in [6.07, 6.45) is 0. The molecule has 6 aromatic rings. The second-order valence-corrected chi connectivity index (χ2v) is 9.56. The van der Waals surface area contributed by atoms with Gasteiger partial charge in [0.25, 0.3) is 5.91 Å². The van der Waals surface area contributed by atoms with Crippen LogP contribution in [0.4, 0.5) is 5.69 Å². The highest BCUT2D eigenvalue weighted by atomic mass is 35.5. The topological polar surface area (TPSA) is 85.0 Å². The summed E-state index contributed by atoms with van der Waals surface area (Å²) in [5.41, 5.74) is 3.52. The van der Waals surface area contributed by atoms with Crippen molar-refractivity contribution in [3.63, 3.8) is 0 Å². The molecule has 0 unspecified atom stereocenters. The minimum atomic E-state index is -0.505. The first kappa shape index (κ1) is 24.1. The van der Waals surface area contributed by atoms with Crippen LogP contribution in [0.5, 0.6) is 0 Å². The van der Waals surface area contributed by atoms with Gasteiger partial charge in [0, 0.05) is 16.6 Å². The molecule has 4 aromatic carbocycles. The van der Waals surface area contributed by atoms with E-state index in [2.05, 4.69) is 33.0 Å². The van der Waals surface area contributed by atoms with E-state index in [4.69, 9.17) is 39.8 Å². The fraction of sp³-hybridized carbons (Fsp3) is 0. The first-order valence-electron chi connectivity index (χ1n) is 11.5. The van der Waals surface area contributed by atoms with Crippen molar-refractivity contribution >= 4 is 73.9 Å². The number of aromatic nitrogens is 3. The van der Waals surface area contributed by atoms with Crippen LogP contribution in [0.3, 0.4) is 0 Å². The number of carbonyl (C=O) groups excluding carboxylic acids is 1. The summed E-state index contributed by atoms with van der Waals surface area (Å²) in [5.74, 6) is -0.00943. The van der Waals surface area contributed by atoms with Crippen LogP contribution < -0.4 is 10.6 Å². The van der Waals surface area contributed by atoms with E-state index >= 15 is 0 Å². The Hall–Kier alpha value is -4.24. The number of hydrogen-bond donors (Lipinski definition) is 2. The number of anilines is 1. The zero-order valence-corrected chi connectivity index (χ0v) is 21.8. The number of halogens is 2. The molecule has 1 amide bonds. The van der Waals surface area contributed by atoms with Crippen molar-refractivity contribution in [1.29, 1.82) is 0 Å². The van der Waals surface area contributed by atoms with Gasteiger partial charge in [0.2, 0.25) is 0 Å². The molecule has 10 heteroatoms. The molecule has 2 aromatic heterocycles. The molecule has 2 heterocycles. The highest BCUT2D eigenvalue weighted by Crippen LogP contribution is 2.34. The summed E-state index contributed by atoms with van der Waals surface area (Å²) in [6.45, 7) is 0. The minimum Gasteiger partial charge on any atom is -0.451 e. The van der Waals surface area contributed by atoms with Crippen LogP contribution in [0.1, 0.15) is 10.6 Å². The van der Waals surface area contributed by atoms with E-state index in [1.807, 2.05) is 48.5 Å². The van der Waals surface area contributed by atoms with Gasteiger partial charge in [0.05, 0.1) is 15.7 Å². The lowest BCUT2D eigenvalue weighted by molar-refractivity contribution is 0.0951. The van der Waals surface area contributed by atoms with Crippen LogP contribution in [0, 0.1) is 0 Å². The van der Waals surface area contributed by atoms with Gasteiger partial charge in [0.1, 0.15) is 16.8 Å². The number of hydrogen-bond acceptors (Lipinski definition) is 5. The zero-order chi connectivity index (χ0) is 26.2. The molecule has 0 aliphatic rings. The van der Waals surface area contributed by atoms with Gasteiger partial charge < -0.3 is 9.73 Å². The van der Waals surface area contributed by atoms with E-state index in [1.165, 1.54) is 0 Å². The Morgan fingerprint density at radius 3 is 2.55 bits per heavy atom. The lowest BCUT2D eigenvalue weighted by Gasteiger charge is -2.08. The third-order valence-electron chi connectivity index (χ3n) is 5.89. The molecule has 0 atom stereocenters. The Balaban J connectivity index is 1.17. The Labute approximate surface area is 232 Å². The molecule has 0 saturated carbocycles. The Morgan fingerprint density at radius 1 is 0.868 bits per heavy atom. The molecule has 6 rings (SSSR count). The Bertz CT molecular complexity index is 1860. The van der Waals surface area contributed by atoms with Gasteiger partial charge in [-0.3, -0.25) is 10.1 Å². The lowest BCUT2D eigenvalue weighted by atomic mass is 10.1. The van der Waals surface area contributed by atoms with Crippen LogP contribution in [0.15, 0.2) is 95.4 Å². The molecule has 0 fully saturated rings. The second kappa shape index (κ2) is 9.90. The van der Waals surface area contributed by atoms with Gasteiger partial charge in [-0.15, -0.1) is 15.0 Å². The van der Waals surface area contributed by atoms with E-state index in [-0.39, 0.29) is 10.9 Å². The smallest absolute Gasteiger partial charge is 0.293 e. The SMILES string of the molecule is O=C(NC(=S)Nc1ccc2nn(-c3cccc4ccccc34)nc2c1)c1ccc(-c2cccc(Cl)c2Cl)o1. The van der Waals surface area contributed by atoms with Crippen molar-refractivity contribution in [3.8, 4) is 17.0 Å². The van der Waals surface area contributed by atoms with Gasteiger partial charge in [-0.25, -0.2) is 0 Å². The molecule has 186 valence electrons. The largest absolute Gasteiger partial charge is 0.451 e. The Kier molecular flexibility index (Phi) is 6.29. The number of fused-ring (bicyclic) bond motifs is 2. The summed E-state index contributed by atoms with van der Waals surface area (Å²) >= 11 is 17.7. The predicted octanol–water partition coefficient (Wildman–Crippen LogP) is 7.27. The van der Waals surface area contributed by atoms with Gasteiger partial charge in [-0.1, -0.05) is 65.7 Å². The van der Waals surface area contributed by atoms with Crippen LogP contribution in [-0.4, -0.2) is 26.0 Å². The highest BCUT2D eigenvalue weighted by Gasteiger charge is 2.16. The lowest BCUT2D eigenvalue weighted by Crippen LogP contribution is -2.33. The van der Waals surface area contributed by atoms with Gasteiger partial charge in [0.15, 0.2) is 10.9 Å². The number of nitrogens with zero attached hydrogens (tertiary/aromatic N) is 3. The van der Waals surface area contributed by atoms with Gasteiger partial charge in [-0.05, 0) is 66.1 Å². The minimum absolute atomic E-state index is 0.0775. The standard InChI is InChI=1S/C28H17Cl2N5O2S/c29-20-9-4-8-19(26(20)30)24-13-14-25(37-24)27(36)32-28(38)31-17-11-12-21-22(15-17)34-35(33-21)23-10-3-6-16-5-1-2-7-18(16)23/h1-15H,(H2,31,32,36,38). The van der Waals surface area contributed by atoms with Crippen LogP contribution in [-0.2, 0) is 0 Å². The van der Waals surface area contributed by atoms with Gasteiger partial charge >= 0.3 is 0 Å². The van der Waals surface area contributed by atoms with Crippen molar-refractivity contribution in [3.05, 3.63) is 107 Å². The monoisotopic (exact) mass is 557 g/mol. The summed E-state index contributed by atoms with van der Waals surface area (Å²) in [7, 11) is 0. The maximum atomic E-state index is 12.7. The van der Waals surface area contributed by atoms with E-state index in [9.17, 15) is 4.79 Å². The number of nitrogens with one attached hydrogen (secondary N) is 2. The third-order valence-corrected chi connectivity index (χ3v) is 6.92. The molecule has 0 spiro atoms. The van der Waals surface area contributed by atoms with E-state index < -0.39 is 5.91 Å². The Morgan fingerprint density at radius 2 is 1.66 bits per heavy atom. The van der Waals surface area contributed by atoms with Crippen LogP contribution in [0.25, 0.3) is 38.8 Å². The van der Waals surface area contributed by atoms with Crippen molar-refractivity contribution in [2.45, 2.75) is 0 Å². The molecule has 0 aliphatic carbocycles. The average molecular weight is 558 g/mol. The molecule has 7 nitrogen and oxygen atoms in total. The molecule has 0 radical (unpaired) electrons. The number of thiocarbonyl (C=S) groups is 1. The molecule has 2 N–H and O–H groups in total. The van der Waals surface area contributed by atoms with E-state index in [0.717, 1.165) is 22.0 Å². The first-order valence-corrected chi connectivity index (χ1v) is 12.6. The van der Waals surface area contributed by atoms with E-state index in [0.29, 0.717) is 32.6 Å². The molecular weight excluding hydrogens is 541 g/mol. The summed E-state index contributed by atoms with van der Waals surface area (Å²) in [5, 5.41) is 17.9. The van der Waals surface area contributed by atoms with Crippen LogP contribution in [0.2, 0.25) is 10.0 Å². The van der Waals surface area contributed by atoms with Crippen LogP contribution >= 0.6 is 35.4 Å². The fourth-order valence-corrected chi connectivity index (χ4v) is 4.71. The normalized spacial score (nSPS) is 11.1. The van der Waals surface area contributed by atoms with Crippen molar-refractivity contribution in [2.24, 2.45) is 0 Å². The molecule has 0 saturated heterocycles. The fourth-order valence-electron chi connectivity index (χ4n) is 4.11. The average Bonchev–Trinajstić information content (AvgIpc) is 3.57. The second-order valence-electron chi connectivity index (χ2n) is 8.36. The maximum Gasteiger partial charge on any atom is 0.293 e. The number of rotatable bonds is 4. The third kappa shape index (κ3) is 4.61. The number of carbonyl (C=O) groups is 1. The maximum absolute atomic E-state index is 12.7. The van der Waals surface area contributed by atoms with E-state index in [1.54, 1.807) is 35.1 Å². The summed E-state index contributed by atoms with van der Waals surface area (Å²) in [6, 6.07) is 27.9.